The van der Waals surface area contributed by atoms with Gasteiger partial charge >= 0.3 is 0 Å². The summed E-state index contributed by atoms with van der Waals surface area (Å²) in [4.78, 5) is 27.1. The van der Waals surface area contributed by atoms with Gasteiger partial charge in [-0.25, -0.2) is 9.97 Å². The average Bonchev–Trinajstić information content (AvgIpc) is 2.80. The molecule has 1 saturated heterocycles. The summed E-state index contributed by atoms with van der Waals surface area (Å²) in [5, 5.41) is 1.65. The number of nitrogens with zero attached hydrogens (tertiary/aromatic N) is 4. The third-order valence-electron chi connectivity index (χ3n) is 4.95. The molecule has 1 aromatic heterocycles. The van der Waals surface area contributed by atoms with Crippen LogP contribution in [0.3, 0.4) is 0 Å². The minimum absolute atomic E-state index is 0.157. The molecule has 0 spiro atoms. The number of benzene rings is 2. The Hall–Kier alpha value is -2.51. The Kier molecular flexibility index (Phi) is 6.92. The molecule has 1 amide bonds. The fraction of sp³-hybridized carbons (Fsp3) is 0.261. The Balaban J connectivity index is 1.32. The summed E-state index contributed by atoms with van der Waals surface area (Å²) in [5.74, 6) is 0.538. The fourth-order valence-corrected chi connectivity index (χ4v) is 5.08. The Bertz CT molecular complexity index is 974. The molecule has 5 nitrogen and oxygen atoms in total. The summed E-state index contributed by atoms with van der Waals surface area (Å²) in [7, 11) is 0. The van der Waals surface area contributed by atoms with Crippen LogP contribution in [0.25, 0.3) is 0 Å². The van der Waals surface area contributed by atoms with Crippen molar-refractivity contribution < 1.29 is 4.79 Å². The predicted octanol–water partition coefficient (Wildman–Crippen LogP) is 4.38. The number of carbonyl (C=O) groups is 1. The Morgan fingerprint density at radius 2 is 1.57 bits per heavy atom. The van der Waals surface area contributed by atoms with Gasteiger partial charge in [0.2, 0.25) is 5.91 Å². The maximum Gasteiger partial charge on any atom is 0.233 e. The van der Waals surface area contributed by atoms with Crippen molar-refractivity contribution in [1.29, 1.82) is 0 Å². The Morgan fingerprint density at radius 1 is 0.900 bits per heavy atom. The van der Waals surface area contributed by atoms with Crippen molar-refractivity contribution in [1.82, 2.24) is 14.9 Å². The number of rotatable bonds is 6. The lowest BCUT2D eigenvalue weighted by Crippen LogP contribution is -2.49. The van der Waals surface area contributed by atoms with Crippen LogP contribution >= 0.6 is 23.5 Å². The summed E-state index contributed by atoms with van der Waals surface area (Å²) in [6, 6.07) is 18.7. The molecule has 0 radical (unpaired) electrons. The molecule has 2 aromatic carbocycles. The monoisotopic (exact) mass is 436 g/mol. The van der Waals surface area contributed by atoms with E-state index in [9.17, 15) is 4.79 Å². The highest BCUT2D eigenvalue weighted by Gasteiger charge is 2.22. The van der Waals surface area contributed by atoms with Crippen LogP contribution in [-0.2, 0) is 4.79 Å². The van der Waals surface area contributed by atoms with E-state index >= 15 is 0 Å². The topological polar surface area (TPSA) is 49.3 Å². The molecule has 0 aliphatic carbocycles. The van der Waals surface area contributed by atoms with Crippen LogP contribution in [0.2, 0.25) is 0 Å². The van der Waals surface area contributed by atoms with Gasteiger partial charge in [0.1, 0.15) is 10.1 Å². The van der Waals surface area contributed by atoms with Crippen LogP contribution in [0.5, 0.6) is 0 Å². The molecule has 3 aromatic rings. The lowest BCUT2D eigenvalue weighted by Gasteiger charge is -2.36. The van der Waals surface area contributed by atoms with E-state index in [1.165, 1.54) is 23.0 Å². The molecule has 0 bridgehead atoms. The van der Waals surface area contributed by atoms with Crippen LogP contribution in [0.15, 0.2) is 81.9 Å². The SMILES string of the molecule is Cc1ccc(Sc2nccnc2SCC(=O)N2CCN(c3ccccc3)CC2)cc1. The summed E-state index contributed by atoms with van der Waals surface area (Å²) < 4.78 is 0. The summed E-state index contributed by atoms with van der Waals surface area (Å²) in [6.45, 7) is 5.29. The van der Waals surface area contributed by atoms with Gasteiger partial charge in [0.15, 0.2) is 0 Å². The first kappa shape index (κ1) is 20.8. The molecule has 30 heavy (non-hydrogen) atoms. The first-order valence-electron chi connectivity index (χ1n) is 9.95. The molecule has 0 N–H and O–H groups in total. The molecule has 1 aliphatic heterocycles. The number of para-hydroxylation sites is 1. The van der Waals surface area contributed by atoms with Crippen molar-refractivity contribution in [3.8, 4) is 0 Å². The van der Waals surface area contributed by atoms with E-state index in [1.807, 2.05) is 11.0 Å². The van der Waals surface area contributed by atoms with Crippen LogP contribution in [0.4, 0.5) is 5.69 Å². The second-order valence-corrected chi connectivity index (χ2v) is 9.10. The quantitative estimate of drug-likeness (QED) is 0.535. The Morgan fingerprint density at radius 3 is 2.27 bits per heavy atom. The normalized spacial score (nSPS) is 14.0. The number of carbonyl (C=O) groups excluding carboxylic acids is 1. The van der Waals surface area contributed by atoms with Crippen molar-refractivity contribution in [2.45, 2.75) is 21.9 Å². The lowest BCUT2D eigenvalue weighted by molar-refractivity contribution is -0.128. The molecule has 0 unspecified atom stereocenters. The van der Waals surface area contributed by atoms with Gasteiger partial charge in [0.05, 0.1) is 5.75 Å². The highest BCUT2D eigenvalue weighted by atomic mass is 32.2. The standard InChI is InChI=1S/C23H24N4OS2/c1-18-7-9-20(10-8-18)30-23-22(24-11-12-25-23)29-17-21(28)27-15-13-26(14-16-27)19-5-3-2-4-6-19/h2-12H,13-17H2,1H3. The van der Waals surface area contributed by atoms with E-state index < -0.39 is 0 Å². The van der Waals surface area contributed by atoms with Gasteiger partial charge in [-0.2, -0.15) is 0 Å². The summed E-state index contributed by atoms with van der Waals surface area (Å²) >= 11 is 3.05. The smallest absolute Gasteiger partial charge is 0.233 e. The predicted molar refractivity (Wildman–Crippen MR) is 123 cm³/mol. The van der Waals surface area contributed by atoms with Crippen molar-refractivity contribution in [2.75, 3.05) is 36.8 Å². The molecule has 1 aliphatic rings. The minimum Gasteiger partial charge on any atom is -0.368 e. The molecule has 154 valence electrons. The Labute approximate surface area is 185 Å². The highest BCUT2D eigenvalue weighted by Crippen LogP contribution is 2.32. The van der Waals surface area contributed by atoms with E-state index in [1.54, 1.807) is 24.2 Å². The number of thioether (sulfide) groups is 1. The van der Waals surface area contributed by atoms with Gasteiger partial charge in [-0.15, -0.1) is 0 Å². The van der Waals surface area contributed by atoms with Crippen LogP contribution in [-0.4, -0.2) is 52.7 Å². The highest BCUT2D eigenvalue weighted by molar-refractivity contribution is 8.02. The molecule has 0 atom stereocenters. The van der Waals surface area contributed by atoms with Crippen molar-refractivity contribution in [3.63, 3.8) is 0 Å². The third kappa shape index (κ3) is 5.34. The van der Waals surface area contributed by atoms with Crippen molar-refractivity contribution >= 4 is 35.1 Å². The van der Waals surface area contributed by atoms with Crippen LogP contribution in [0.1, 0.15) is 5.56 Å². The zero-order valence-corrected chi connectivity index (χ0v) is 18.5. The number of piperazine rings is 1. The zero-order valence-electron chi connectivity index (χ0n) is 16.9. The first-order chi connectivity index (χ1) is 14.7. The molecular weight excluding hydrogens is 412 g/mol. The summed E-state index contributed by atoms with van der Waals surface area (Å²) in [5.41, 5.74) is 2.45. The molecule has 4 rings (SSSR count). The number of hydrogen-bond donors (Lipinski definition) is 0. The van der Waals surface area contributed by atoms with Crippen molar-refractivity contribution in [2.24, 2.45) is 0 Å². The van der Waals surface area contributed by atoms with E-state index in [0.717, 1.165) is 41.1 Å². The van der Waals surface area contributed by atoms with Gasteiger partial charge < -0.3 is 9.80 Å². The molecule has 2 heterocycles. The van der Waals surface area contributed by atoms with Gasteiger partial charge in [-0.1, -0.05) is 59.4 Å². The van der Waals surface area contributed by atoms with Gasteiger partial charge in [-0.05, 0) is 31.2 Å². The fourth-order valence-electron chi connectivity index (χ4n) is 3.27. The van der Waals surface area contributed by atoms with E-state index in [2.05, 4.69) is 70.3 Å². The molecule has 1 fully saturated rings. The lowest BCUT2D eigenvalue weighted by atomic mass is 10.2. The minimum atomic E-state index is 0.157. The van der Waals surface area contributed by atoms with Crippen LogP contribution < -0.4 is 4.90 Å². The van der Waals surface area contributed by atoms with Gasteiger partial charge in [0, 0.05) is 49.2 Å². The second kappa shape index (κ2) is 10.00. The number of aromatic nitrogens is 2. The number of hydrogen-bond acceptors (Lipinski definition) is 6. The summed E-state index contributed by atoms with van der Waals surface area (Å²) in [6.07, 6.45) is 3.38. The maximum absolute atomic E-state index is 12.8. The number of aryl methyl sites for hydroxylation is 1. The maximum atomic E-state index is 12.8. The zero-order chi connectivity index (χ0) is 20.8. The van der Waals surface area contributed by atoms with Crippen molar-refractivity contribution in [3.05, 3.63) is 72.6 Å². The van der Waals surface area contributed by atoms with Crippen LogP contribution in [0, 0.1) is 6.92 Å². The first-order valence-corrected chi connectivity index (χ1v) is 11.8. The molecule has 7 heteroatoms. The van der Waals surface area contributed by atoms with E-state index in [4.69, 9.17) is 0 Å². The molecule has 0 saturated carbocycles. The number of amides is 1. The van der Waals surface area contributed by atoms with E-state index in [-0.39, 0.29) is 5.91 Å². The number of anilines is 1. The van der Waals surface area contributed by atoms with Gasteiger partial charge in [-0.3, -0.25) is 4.79 Å². The largest absolute Gasteiger partial charge is 0.368 e. The van der Waals surface area contributed by atoms with Gasteiger partial charge in [0.25, 0.3) is 0 Å². The van der Waals surface area contributed by atoms with E-state index in [0.29, 0.717) is 5.75 Å². The second-order valence-electron chi connectivity index (χ2n) is 7.07. The molecular formula is C23H24N4OS2. The third-order valence-corrected chi connectivity index (χ3v) is 7.05. The average molecular weight is 437 g/mol.